The lowest BCUT2D eigenvalue weighted by atomic mass is 9.89. The minimum Gasteiger partial charge on any atom is -0.481 e. The quantitative estimate of drug-likeness (QED) is 0.00911. The van der Waals surface area contributed by atoms with E-state index in [-0.39, 0.29) is 125 Å². The van der Waals surface area contributed by atoms with Crippen LogP contribution in [0.25, 0.3) is 11.1 Å². The van der Waals surface area contributed by atoms with Crippen LogP contribution >= 0.6 is 11.6 Å². The number of carboxylic acid groups (broad SMARTS) is 4. The van der Waals surface area contributed by atoms with Gasteiger partial charge in [0.25, 0.3) is 23.6 Å². The molecule has 8 atom stereocenters. The number of fused-ring (bicyclic) bond motifs is 2. The number of hydrogen-bond donors (Lipinski definition) is 4. The van der Waals surface area contributed by atoms with Gasteiger partial charge in [0.1, 0.15) is 6.04 Å². The van der Waals surface area contributed by atoms with Gasteiger partial charge in [0.15, 0.2) is 25.1 Å². The van der Waals surface area contributed by atoms with Gasteiger partial charge in [-0.1, -0.05) is 323 Å². The van der Waals surface area contributed by atoms with Crippen molar-refractivity contribution < 1.29 is 106 Å². The normalized spacial score (nSPS) is 13.6. The Morgan fingerprint density at radius 1 is 0.407 bits per heavy atom. The van der Waals surface area contributed by atoms with Gasteiger partial charge in [-0.25, -0.2) is 4.79 Å². The average Bonchev–Trinajstić information content (AvgIpc) is 1.60. The number of aryl methyl sites for hydroxylation is 2. The predicted octanol–water partition coefficient (Wildman–Crippen LogP) is 22.0. The number of carbonyl (C=O) groups excluding carboxylic acids is 10. The molecule has 4 amide bonds. The number of carboxylic acids is 4. The highest BCUT2D eigenvalue weighted by Crippen LogP contribution is 2.31. The number of imide groups is 2. The zero-order valence-corrected chi connectivity index (χ0v) is 83.0. The minimum absolute atomic E-state index is 0.0804. The summed E-state index contributed by atoms with van der Waals surface area (Å²) in [6.07, 6.45) is 6.88. The number of rotatable bonds is 40. The van der Waals surface area contributed by atoms with Gasteiger partial charge in [-0.3, -0.25) is 76.3 Å². The molecule has 2 aliphatic heterocycles. The number of ether oxygens (including phenoxy) is 3. The standard InChI is InChI=1S/2C20H22O3.2C17H21NO4.C15H19ClO3.C12H16O2.C8H16O3S/c1-14(2)15(3)20(22)23-13-19(21)18-11-9-17(10-12-18)16-7-5-4-6-8-16;1-14(2)13-18(21)23-20(17-7-5-4-6-8-17)19(22)16-11-9-15(3)10-12-16;1-11(2)7-3-6-10-14(17(21)22)18-15(19)12-8-4-5-9-13(12)16(18)20;1-11(2)12(17(21)22)7-5-6-10-18-15(19)13-8-3-4-9-14(13)16(18)20;1-9(2)11(4)15(18)19-8-14(17)12-6-5-10(3)7-13(12)16;1-9(2)11(12(13)14)8-10-6-4-3-5-7-10;1-6(2)7(8(9)10)4-5-12(3)11/h4-12,14-15H,13H2,1-3H3;4-12,14,20H,13H2,1-3H3;4-5,8-9,11,14H,3,6-7,10H2,1-2H3,(H,21,22);3-4,8-9,11-12H,5-7,10H2,1-2H3,(H,21,22);5-7,9,11H,8H2,1-4H3;3-7,9,11H,8H2,1-2H3,(H,13,14);6-7H,4-5H2,1-3H3,(H,9,10). The molecule has 0 saturated carbocycles. The molecule has 0 radical (unpaired) electrons. The highest BCUT2D eigenvalue weighted by Gasteiger charge is 2.43. The molecule has 0 bridgehead atoms. The Balaban J connectivity index is 0.000000332. The van der Waals surface area contributed by atoms with Gasteiger partial charge >= 0.3 is 41.8 Å². The topological polar surface area (TPSA) is 371 Å². The lowest BCUT2D eigenvalue weighted by Crippen LogP contribution is -2.44. The van der Waals surface area contributed by atoms with E-state index < -0.39 is 58.6 Å². The molecule has 135 heavy (non-hydrogen) atoms. The maximum absolute atomic E-state index is 12.8. The molecular weight excluding hydrogens is 1760 g/mol. The van der Waals surface area contributed by atoms with Gasteiger partial charge in [-0.15, -0.1) is 0 Å². The molecule has 0 aliphatic carbocycles. The van der Waals surface area contributed by atoms with Crippen LogP contribution in [0.15, 0.2) is 206 Å². The molecule has 728 valence electrons. The van der Waals surface area contributed by atoms with E-state index in [1.807, 2.05) is 207 Å². The molecule has 24 nitrogen and oxygen atoms in total. The summed E-state index contributed by atoms with van der Waals surface area (Å²) in [5.74, 6) is -6.05. The number of aliphatic carboxylic acids is 4. The number of nitrogens with zero attached hydrogens (tertiary/aromatic N) is 2. The summed E-state index contributed by atoms with van der Waals surface area (Å²) in [4.78, 5) is 168. The van der Waals surface area contributed by atoms with Crippen LogP contribution < -0.4 is 0 Å². The molecule has 8 aromatic rings. The van der Waals surface area contributed by atoms with Crippen molar-refractivity contribution in [2.75, 3.05) is 31.8 Å². The number of ketones is 3. The Hall–Kier alpha value is -12.2. The lowest BCUT2D eigenvalue weighted by molar-refractivity contribution is -0.149. The van der Waals surface area contributed by atoms with Crippen LogP contribution in [0.3, 0.4) is 0 Å². The minimum atomic E-state index is -1.13. The van der Waals surface area contributed by atoms with E-state index in [1.165, 1.54) is 4.90 Å². The Labute approximate surface area is 803 Å². The summed E-state index contributed by atoms with van der Waals surface area (Å²) in [6, 6.07) is 60.9. The van der Waals surface area contributed by atoms with E-state index in [1.54, 1.807) is 116 Å². The molecule has 8 unspecified atom stereocenters. The number of hydrogen-bond acceptors (Lipinski definition) is 18. The molecule has 10 rings (SSSR count). The van der Waals surface area contributed by atoms with Crippen LogP contribution in [0.4, 0.5) is 0 Å². The molecular formula is C109H137ClN2O22S. The van der Waals surface area contributed by atoms with Crippen molar-refractivity contribution in [1.29, 1.82) is 0 Å². The average molecular weight is 1890 g/mol. The van der Waals surface area contributed by atoms with Gasteiger partial charge in [-0.2, -0.15) is 0 Å². The molecule has 0 spiro atoms. The third-order valence-electron chi connectivity index (χ3n) is 23.0. The van der Waals surface area contributed by atoms with E-state index in [0.29, 0.717) is 119 Å². The van der Waals surface area contributed by atoms with Crippen LogP contribution in [0.1, 0.15) is 269 Å². The van der Waals surface area contributed by atoms with E-state index in [9.17, 15) is 76.4 Å². The van der Waals surface area contributed by atoms with Crippen molar-refractivity contribution in [3.63, 3.8) is 0 Å². The first-order chi connectivity index (χ1) is 63.7. The summed E-state index contributed by atoms with van der Waals surface area (Å²) in [5.41, 5.74) is 8.97. The highest BCUT2D eigenvalue weighted by atomic mass is 35.5. The van der Waals surface area contributed by atoms with E-state index in [4.69, 9.17) is 41.1 Å². The molecule has 0 saturated heterocycles. The summed E-state index contributed by atoms with van der Waals surface area (Å²) in [7, 11) is -0.883. The van der Waals surface area contributed by atoms with E-state index in [2.05, 4.69) is 13.8 Å². The molecule has 8 aromatic carbocycles. The van der Waals surface area contributed by atoms with Gasteiger partial charge < -0.3 is 34.6 Å². The fourth-order valence-corrected chi connectivity index (χ4v) is 14.8. The van der Waals surface area contributed by atoms with Crippen molar-refractivity contribution in [3.8, 4) is 11.1 Å². The summed E-state index contributed by atoms with van der Waals surface area (Å²) in [6.45, 7) is 34.6. The smallest absolute Gasteiger partial charge is 0.326 e. The number of benzene rings is 8. The molecule has 2 heterocycles. The third kappa shape index (κ3) is 39.0. The van der Waals surface area contributed by atoms with Gasteiger partial charge in [0.05, 0.1) is 56.9 Å². The maximum Gasteiger partial charge on any atom is 0.326 e. The molecule has 2 aliphatic rings. The maximum atomic E-state index is 12.8. The van der Waals surface area contributed by atoms with Gasteiger partial charge in [0, 0.05) is 58.0 Å². The van der Waals surface area contributed by atoms with Crippen molar-refractivity contribution in [2.24, 2.45) is 71.0 Å². The lowest BCUT2D eigenvalue weighted by Gasteiger charge is -2.22. The van der Waals surface area contributed by atoms with Crippen LogP contribution in [0.5, 0.6) is 0 Å². The van der Waals surface area contributed by atoms with Crippen molar-refractivity contribution in [1.82, 2.24) is 9.80 Å². The Bertz CT molecular complexity index is 5160. The summed E-state index contributed by atoms with van der Waals surface area (Å²) in [5, 5.41) is 36.7. The number of unbranched alkanes of at least 4 members (excludes halogenated alkanes) is 2. The third-order valence-corrected chi connectivity index (χ3v) is 24.1. The molecule has 4 N–H and O–H groups in total. The SMILES string of the molecule is CC(C)C(C)C(=O)OCC(=O)c1ccc(-c2ccccc2)cc1.CC(C)C(CCCCN1C(=O)c2ccccc2C1=O)C(=O)O.CC(C)C(CCS(C)=O)C(=O)O.CC(C)C(Cc1ccccc1)C(=O)O.CC(C)CCCCC(C(=O)O)N1C(=O)c2ccccc2C1=O.Cc1ccc(C(=O)C(OC(=O)CC(C)C)c2ccccc2)cc1.Cc1ccc(C(=O)COC(=O)C(C)C(C)C)c(Cl)c1. The highest BCUT2D eigenvalue weighted by molar-refractivity contribution is 7.84. The Morgan fingerprint density at radius 2 is 0.815 bits per heavy atom. The first-order valence-electron chi connectivity index (χ1n) is 46.0. The Morgan fingerprint density at radius 3 is 1.24 bits per heavy atom. The van der Waals surface area contributed by atoms with E-state index >= 15 is 0 Å². The van der Waals surface area contributed by atoms with Crippen LogP contribution in [0.2, 0.25) is 5.02 Å². The number of halogens is 1. The van der Waals surface area contributed by atoms with Crippen LogP contribution in [-0.4, -0.2) is 155 Å². The number of Topliss-reactive ketones (excluding diaryl/α,β-unsaturated/α-hetero) is 3. The molecule has 26 heteroatoms. The number of amides is 4. The number of carbonyl (C=O) groups is 14. The van der Waals surface area contributed by atoms with E-state index in [0.717, 1.165) is 45.6 Å². The van der Waals surface area contributed by atoms with Crippen LogP contribution in [-0.2, 0) is 65.0 Å². The number of esters is 3. The first kappa shape index (κ1) is 115. The van der Waals surface area contributed by atoms with Gasteiger partial charge in [-0.05, 0) is 146 Å². The zero-order chi connectivity index (χ0) is 101. The largest absolute Gasteiger partial charge is 0.481 e. The first-order valence-corrected chi connectivity index (χ1v) is 48.1. The second-order valence-corrected chi connectivity index (χ2v) is 38.3. The van der Waals surface area contributed by atoms with Crippen molar-refractivity contribution in [3.05, 3.63) is 272 Å². The Kier molecular flexibility index (Phi) is 50.2. The van der Waals surface area contributed by atoms with Gasteiger partial charge in [0.2, 0.25) is 11.6 Å². The predicted molar refractivity (Wildman–Crippen MR) is 526 cm³/mol. The van der Waals surface area contributed by atoms with Crippen LogP contribution in [0, 0.1) is 84.9 Å². The second-order valence-electron chi connectivity index (χ2n) is 36.3. The zero-order valence-electron chi connectivity index (χ0n) is 81.4. The summed E-state index contributed by atoms with van der Waals surface area (Å²) < 4.78 is 26.3. The fourth-order valence-electron chi connectivity index (χ4n) is 13.9. The molecule has 0 fully saturated rings. The monoisotopic (exact) mass is 1890 g/mol. The fraction of sp³-hybridized carbons (Fsp3) is 0.431. The van der Waals surface area contributed by atoms with Crippen molar-refractivity contribution in [2.45, 2.75) is 201 Å². The second kappa shape index (κ2) is 58.8. The van der Waals surface area contributed by atoms with Crippen molar-refractivity contribution >= 4 is 105 Å². The summed E-state index contributed by atoms with van der Waals surface area (Å²) >= 11 is 5.99. The molecule has 0 aromatic heterocycles.